The van der Waals surface area contributed by atoms with E-state index in [1.807, 2.05) is 20.8 Å². The van der Waals surface area contributed by atoms with Gasteiger partial charge in [-0.3, -0.25) is 9.69 Å². The number of carbonyl (C=O) groups excluding carboxylic acids is 1. The molecule has 0 aromatic carbocycles. The van der Waals surface area contributed by atoms with Crippen molar-refractivity contribution in [3.05, 3.63) is 0 Å². The van der Waals surface area contributed by atoms with Crippen LogP contribution in [-0.2, 0) is 14.3 Å². The molecule has 5 nitrogen and oxygen atoms in total. The predicted octanol–water partition coefficient (Wildman–Crippen LogP) is 3.47. The van der Waals surface area contributed by atoms with E-state index in [-0.39, 0.29) is 17.4 Å². The summed E-state index contributed by atoms with van der Waals surface area (Å²) < 4.78 is 11.6. The van der Waals surface area contributed by atoms with Crippen molar-refractivity contribution in [1.29, 1.82) is 0 Å². The fourth-order valence-corrected chi connectivity index (χ4v) is 3.33. The third kappa shape index (κ3) is 9.89. The molecule has 1 aliphatic heterocycles. The summed E-state index contributed by atoms with van der Waals surface area (Å²) in [5.41, 5.74) is 0.0842. The maximum atomic E-state index is 12.0. The molecule has 0 radical (unpaired) electrons. The molecule has 26 heavy (non-hydrogen) atoms. The standard InChI is InChI=1S/C21H42N2O3/c1-7-9-21(5,6)10-8-13-25-14-11-23-12-15-26-18(17-23)16-22-19(24)20(2,3)4/h18H,7-17H2,1-6H3,(H,22,24)/t18-/m0/s1. The Morgan fingerprint density at radius 1 is 1.19 bits per heavy atom. The van der Waals surface area contributed by atoms with Crippen molar-refractivity contribution in [2.75, 3.05) is 46.0 Å². The Kier molecular flexibility index (Phi) is 10.1. The molecule has 0 spiro atoms. The van der Waals surface area contributed by atoms with E-state index >= 15 is 0 Å². The second-order valence-corrected chi connectivity index (χ2v) is 9.38. The summed E-state index contributed by atoms with van der Waals surface area (Å²) in [5, 5.41) is 3.00. The summed E-state index contributed by atoms with van der Waals surface area (Å²) in [5.74, 6) is 0.0764. The minimum Gasteiger partial charge on any atom is -0.380 e. The van der Waals surface area contributed by atoms with E-state index < -0.39 is 0 Å². The predicted molar refractivity (Wildman–Crippen MR) is 107 cm³/mol. The maximum Gasteiger partial charge on any atom is 0.225 e. The zero-order chi connectivity index (χ0) is 19.6. The number of hydrogen-bond acceptors (Lipinski definition) is 4. The van der Waals surface area contributed by atoms with Gasteiger partial charge in [-0.1, -0.05) is 48.0 Å². The number of ether oxygens (including phenoxy) is 2. The summed E-state index contributed by atoms with van der Waals surface area (Å²) in [6.07, 6.45) is 4.98. The Morgan fingerprint density at radius 2 is 1.92 bits per heavy atom. The molecule has 1 heterocycles. The van der Waals surface area contributed by atoms with Gasteiger partial charge in [0.1, 0.15) is 0 Å². The third-order valence-electron chi connectivity index (χ3n) is 5.02. The highest BCUT2D eigenvalue weighted by Crippen LogP contribution is 2.27. The monoisotopic (exact) mass is 370 g/mol. The molecule has 1 fully saturated rings. The first-order valence-corrected chi connectivity index (χ1v) is 10.3. The highest BCUT2D eigenvalue weighted by atomic mass is 16.5. The van der Waals surface area contributed by atoms with Crippen LogP contribution in [0.1, 0.15) is 67.2 Å². The average Bonchev–Trinajstić information content (AvgIpc) is 2.55. The summed E-state index contributed by atoms with van der Waals surface area (Å²) in [6, 6.07) is 0. The van der Waals surface area contributed by atoms with Gasteiger partial charge in [0.15, 0.2) is 0 Å². The Hall–Kier alpha value is -0.650. The van der Waals surface area contributed by atoms with E-state index in [9.17, 15) is 4.79 Å². The maximum absolute atomic E-state index is 12.0. The van der Waals surface area contributed by atoms with Crippen LogP contribution < -0.4 is 5.32 Å². The van der Waals surface area contributed by atoms with Crippen molar-refractivity contribution >= 4 is 5.91 Å². The SMILES string of the molecule is CCCC(C)(C)CCCOCCN1CCO[C@@H](CNC(=O)C(C)(C)C)C1. The first-order valence-electron chi connectivity index (χ1n) is 10.3. The van der Waals surface area contributed by atoms with Crippen molar-refractivity contribution in [2.24, 2.45) is 10.8 Å². The van der Waals surface area contributed by atoms with Crippen molar-refractivity contribution in [3.8, 4) is 0 Å². The molecular formula is C21H42N2O3. The zero-order valence-electron chi connectivity index (χ0n) is 18.0. The highest BCUT2D eigenvalue weighted by Gasteiger charge is 2.24. The minimum atomic E-state index is -0.353. The van der Waals surface area contributed by atoms with E-state index in [1.54, 1.807) is 0 Å². The average molecular weight is 371 g/mol. The number of nitrogens with zero attached hydrogens (tertiary/aromatic N) is 1. The quantitative estimate of drug-likeness (QED) is 0.566. The molecule has 1 amide bonds. The van der Waals surface area contributed by atoms with Crippen molar-refractivity contribution < 1.29 is 14.3 Å². The molecule has 0 aromatic rings. The number of amides is 1. The Morgan fingerprint density at radius 3 is 2.58 bits per heavy atom. The number of morpholine rings is 1. The van der Waals surface area contributed by atoms with Gasteiger partial charge < -0.3 is 14.8 Å². The largest absolute Gasteiger partial charge is 0.380 e. The van der Waals surface area contributed by atoms with Crippen molar-refractivity contribution in [1.82, 2.24) is 10.2 Å². The number of carbonyl (C=O) groups is 1. The Balaban J connectivity index is 2.13. The molecule has 1 aliphatic rings. The van der Waals surface area contributed by atoms with E-state index in [0.29, 0.717) is 12.0 Å². The summed E-state index contributed by atoms with van der Waals surface area (Å²) in [4.78, 5) is 14.3. The van der Waals surface area contributed by atoms with Crippen molar-refractivity contribution in [2.45, 2.75) is 73.3 Å². The molecule has 1 rings (SSSR count). The molecule has 5 heteroatoms. The van der Waals surface area contributed by atoms with E-state index in [4.69, 9.17) is 9.47 Å². The van der Waals surface area contributed by atoms with Crippen LogP contribution in [0.3, 0.4) is 0 Å². The number of nitrogens with one attached hydrogen (secondary N) is 1. The molecule has 1 N–H and O–H groups in total. The molecule has 0 bridgehead atoms. The van der Waals surface area contributed by atoms with Crippen LogP contribution in [-0.4, -0.2) is 62.9 Å². The van der Waals surface area contributed by atoms with Gasteiger partial charge in [-0.2, -0.15) is 0 Å². The number of rotatable bonds is 11. The molecule has 0 aliphatic carbocycles. The molecule has 0 unspecified atom stereocenters. The van der Waals surface area contributed by atoms with Gasteiger partial charge >= 0.3 is 0 Å². The lowest BCUT2D eigenvalue weighted by Gasteiger charge is -2.33. The Labute approximate surface area is 161 Å². The first-order chi connectivity index (χ1) is 12.1. The molecule has 0 saturated carbocycles. The summed E-state index contributed by atoms with van der Waals surface area (Å²) in [7, 11) is 0. The van der Waals surface area contributed by atoms with Gasteiger partial charge in [-0.25, -0.2) is 0 Å². The second kappa shape index (κ2) is 11.3. The summed E-state index contributed by atoms with van der Waals surface area (Å²) in [6.45, 7) is 18.4. The second-order valence-electron chi connectivity index (χ2n) is 9.38. The van der Waals surface area contributed by atoms with E-state index in [2.05, 4.69) is 31.0 Å². The normalized spacial score (nSPS) is 19.5. The van der Waals surface area contributed by atoms with Crippen molar-refractivity contribution in [3.63, 3.8) is 0 Å². The fraction of sp³-hybridized carbons (Fsp3) is 0.952. The van der Waals surface area contributed by atoms with Crippen LogP contribution in [0.4, 0.5) is 0 Å². The van der Waals surface area contributed by atoms with Crippen LogP contribution in [0, 0.1) is 10.8 Å². The number of hydrogen-bond donors (Lipinski definition) is 1. The topological polar surface area (TPSA) is 50.8 Å². The molecule has 154 valence electrons. The van der Waals surface area contributed by atoms with Crippen LogP contribution in [0.15, 0.2) is 0 Å². The summed E-state index contributed by atoms with van der Waals surface area (Å²) >= 11 is 0. The minimum absolute atomic E-state index is 0.0740. The molecular weight excluding hydrogens is 328 g/mol. The molecule has 0 aromatic heterocycles. The van der Waals surface area contributed by atoms with Gasteiger partial charge in [0.25, 0.3) is 0 Å². The fourth-order valence-electron chi connectivity index (χ4n) is 3.33. The lowest BCUT2D eigenvalue weighted by molar-refractivity contribution is -0.129. The van der Waals surface area contributed by atoms with Crippen LogP contribution in [0.5, 0.6) is 0 Å². The van der Waals surface area contributed by atoms with Crippen LogP contribution >= 0.6 is 0 Å². The highest BCUT2D eigenvalue weighted by molar-refractivity contribution is 5.81. The third-order valence-corrected chi connectivity index (χ3v) is 5.02. The molecule has 1 saturated heterocycles. The first kappa shape index (κ1) is 23.4. The lowest BCUT2D eigenvalue weighted by Crippen LogP contribution is -2.49. The van der Waals surface area contributed by atoms with E-state index in [0.717, 1.165) is 45.9 Å². The van der Waals surface area contributed by atoms with Gasteiger partial charge in [-0.05, 0) is 24.7 Å². The smallest absolute Gasteiger partial charge is 0.225 e. The Bertz CT molecular complexity index is 405. The zero-order valence-corrected chi connectivity index (χ0v) is 18.0. The van der Waals surface area contributed by atoms with Crippen LogP contribution in [0.25, 0.3) is 0 Å². The van der Waals surface area contributed by atoms with Gasteiger partial charge in [-0.15, -0.1) is 0 Å². The molecule has 1 atom stereocenters. The van der Waals surface area contributed by atoms with Crippen LogP contribution in [0.2, 0.25) is 0 Å². The van der Waals surface area contributed by atoms with E-state index in [1.165, 1.54) is 19.3 Å². The van der Waals surface area contributed by atoms with Gasteiger partial charge in [0.05, 0.1) is 19.3 Å². The van der Waals surface area contributed by atoms with Gasteiger partial charge in [0.2, 0.25) is 5.91 Å². The van der Waals surface area contributed by atoms with Gasteiger partial charge in [0, 0.05) is 38.2 Å². The lowest BCUT2D eigenvalue weighted by atomic mass is 9.83.